The maximum absolute atomic E-state index is 13.1. The normalized spacial score (nSPS) is 13.4. The highest BCUT2D eigenvalue weighted by Crippen LogP contribution is 2.35. The van der Waals surface area contributed by atoms with Gasteiger partial charge in [-0.1, -0.05) is 0 Å². The predicted octanol–water partition coefficient (Wildman–Crippen LogP) is 3.17. The zero-order valence-electron chi connectivity index (χ0n) is 12.3. The van der Waals surface area contributed by atoms with Gasteiger partial charge >= 0.3 is 0 Å². The quantitative estimate of drug-likeness (QED) is 0.729. The monoisotopic (exact) mass is 294 g/mol. The Morgan fingerprint density at radius 1 is 1.09 bits per heavy atom. The molecule has 1 aliphatic rings. The van der Waals surface area contributed by atoms with Crippen LogP contribution in [0.2, 0.25) is 0 Å². The summed E-state index contributed by atoms with van der Waals surface area (Å²) in [5, 5.41) is 4.52. The van der Waals surface area contributed by atoms with Gasteiger partial charge in [-0.05, 0) is 48.6 Å². The molecule has 0 amide bonds. The van der Waals surface area contributed by atoms with Crippen LogP contribution in [0.25, 0.3) is 22.5 Å². The fourth-order valence-electron chi connectivity index (χ4n) is 3.11. The van der Waals surface area contributed by atoms with Gasteiger partial charge in [0.15, 0.2) is 0 Å². The second-order valence-corrected chi connectivity index (χ2v) is 5.56. The summed E-state index contributed by atoms with van der Waals surface area (Å²) in [4.78, 5) is 8.65. The fourth-order valence-corrected chi connectivity index (χ4v) is 3.11. The number of nitrogens with zero attached hydrogens (tertiary/aromatic N) is 4. The molecule has 4 nitrogen and oxygen atoms in total. The van der Waals surface area contributed by atoms with E-state index in [-0.39, 0.29) is 5.82 Å². The smallest absolute Gasteiger partial charge is 0.141 e. The first-order valence-corrected chi connectivity index (χ1v) is 7.35. The number of aryl methyl sites for hydroxylation is 2. The van der Waals surface area contributed by atoms with E-state index in [1.807, 2.05) is 25.5 Å². The minimum Gasteiger partial charge on any atom is -0.274 e. The van der Waals surface area contributed by atoms with Crippen molar-refractivity contribution in [2.75, 3.05) is 0 Å². The van der Waals surface area contributed by atoms with Crippen LogP contribution in [0.15, 0.2) is 36.8 Å². The van der Waals surface area contributed by atoms with Gasteiger partial charge in [0.2, 0.25) is 0 Å². The number of rotatable bonds is 2. The van der Waals surface area contributed by atoms with Crippen LogP contribution < -0.4 is 0 Å². The van der Waals surface area contributed by atoms with Crippen LogP contribution in [-0.2, 0) is 19.9 Å². The Morgan fingerprint density at radius 3 is 2.82 bits per heavy atom. The molecule has 3 heterocycles. The predicted molar refractivity (Wildman–Crippen MR) is 81.7 cm³/mol. The summed E-state index contributed by atoms with van der Waals surface area (Å²) >= 11 is 0. The van der Waals surface area contributed by atoms with Crippen molar-refractivity contribution in [3.63, 3.8) is 0 Å². The van der Waals surface area contributed by atoms with Gasteiger partial charge in [-0.3, -0.25) is 14.6 Å². The molecular weight excluding hydrogens is 279 g/mol. The summed E-state index contributed by atoms with van der Waals surface area (Å²) in [6, 6.07) is 5.12. The number of pyridine rings is 2. The van der Waals surface area contributed by atoms with Gasteiger partial charge in [-0.15, -0.1) is 0 Å². The van der Waals surface area contributed by atoms with E-state index in [9.17, 15) is 4.39 Å². The molecule has 0 aliphatic heterocycles. The SMILES string of the molecule is Cn1cc(-c2ccnc3c2CCC3)c(-c2ccc(F)cn2)n1. The highest BCUT2D eigenvalue weighted by molar-refractivity contribution is 5.81. The molecule has 22 heavy (non-hydrogen) atoms. The summed E-state index contributed by atoms with van der Waals surface area (Å²) in [7, 11) is 1.89. The van der Waals surface area contributed by atoms with Gasteiger partial charge < -0.3 is 0 Å². The van der Waals surface area contributed by atoms with Crippen molar-refractivity contribution >= 4 is 0 Å². The Hall–Kier alpha value is -2.56. The van der Waals surface area contributed by atoms with E-state index in [0.29, 0.717) is 5.69 Å². The second-order valence-electron chi connectivity index (χ2n) is 5.56. The lowest BCUT2D eigenvalue weighted by Gasteiger charge is -2.07. The van der Waals surface area contributed by atoms with E-state index in [0.717, 1.165) is 36.1 Å². The molecule has 0 radical (unpaired) electrons. The molecule has 0 atom stereocenters. The number of hydrogen-bond acceptors (Lipinski definition) is 3. The maximum atomic E-state index is 13.1. The van der Waals surface area contributed by atoms with Gasteiger partial charge in [0.05, 0.1) is 11.9 Å². The van der Waals surface area contributed by atoms with Crippen molar-refractivity contribution in [1.82, 2.24) is 19.7 Å². The largest absolute Gasteiger partial charge is 0.274 e. The zero-order valence-corrected chi connectivity index (χ0v) is 12.3. The molecule has 0 bridgehead atoms. The molecule has 0 aromatic carbocycles. The van der Waals surface area contributed by atoms with Gasteiger partial charge in [-0.25, -0.2) is 4.39 Å². The van der Waals surface area contributed by atoms with Crippen molar-refractivity contribution in [2.45, 2.75) is 19.3 Å². The molecule has 5 heteroatoms. The van der Waals surface area contributed by atoms with Crippen LogP contribution in [0.1, 0.15) is 17.7 Å². The average Bonchev–Trinajstić information content (AvgIpc) is 3.14. The number of aromatic nitrogens is 4. The lowest BCUT2D eigenvalue weighted by atomic mass is 9.99. The summed E-state index contributed by atoms with van der Waals surface area (Å²) in [5.74, 6) is -0.342. The Kier molecular flexibility index (Phi) is 2.99. The first kappa shape index (κ1) is 13.1. The van der Waals surface area contributed by atoms with Crippen LogP contribution in [-0.4, -0.2) is 19.7 Å². The highest BCUT2D eigenvalue weighted by Gasteiger charge is 2.21. The summed E-state index contributed by atoms with van der Waals surface area (Å²) in [6.45, 7) is 0. The first-order chi connectivity index (χ1) is 10.7. The molecule has 0 spiro atoms. The second kappa shape index (κ2) is 5.02. The molecule has 3 aromatic rings. The number of fused-ring (bicyclic) bond motifs is 1. The Morgan fingerprint density at radius 2 is 2.00 bits per heavy atom. The zero-order chi connectivity index (χ0) is 15.1. The van der Waals surface area contributed by atoms with Crippen molar-refractivity contribution in [2.24, 2.45) is 7.05 Å². The maximum Gasteiger partial charge on any atom is 0.141 e. The third-order valence-electron chi connectivity index (χ3n) is 4.07. The molecule has 4 rings (SSSR count). The minimum atomic E-state index is -0.342. The molecular formula is C17H15FN4. The van der Waals surface area contributed by atoms with Gasteiger partial charge in [-0.2, -0.15) is 5.10 Å². The van der Waals surface area contributed by atoms with Crippen LogP contribution in [0.5, 0.6) is 0 Å². The minimum absolute atomic E-state index is 0.342. The van der Waals surface area contributed by atoms with Gasteiger partial charge in [0.1, 0.15) is 11.5 Å². The van der Waals surface area contributed by atoms with E-state index < -0.39 is 0 Å². The van der Waals surface area contributed by atoms with E-state index in [1.165, 1.54) is 23.5 Å². The van der Waals surface area contributed by atoms with E-state index >= 15 is 0 Å². The molecule has 0 saturated heterocycles. The molecule has 0 saturated carbocycles. The van der Waals surface area contributed by atoms with Crippen molar-refractivity contribution < 1.29 is 4.39 Å². The molecule has 0 N–H and O–H groups in total. The van der Waals surface area contributed by atoms with Gasteiger partial charge in [0.25, 0.3) is 0 Å². The number of halogens is 1. The van der Waals surface area contributed by atoms with Gasteiger partial charge in [0, 0.05) is 30.7 Å². The summed E-state index contributed by atoms with van der Waals surface area (Å²) in [6.07, 6.45) is 8.30. The average molecular weight is 294 g/mol. The Balaban J connectivity index is 1.90. The molecule has 110 valence electrons. The van der Waals surface area contributed by atoms with Crippen LogP contribution in [0.4, 0.5) is 4.39 Å². The van der Waals surface area contributed by atoms with Crippen LogP contribution >= 0.6 is 0 Å². The van der Waals surface area contributed by atoms with E-state index in [1.54, 1.807) is 10.7 Å². The Bertz CT molecular complexity index is 836. The molecule has 1 aliphatic carbocycles. The van der Waals surface area contributed by atoms with E-state index in [4.69, 9.17) is 0 Å². The van der Waals surface area contributed by atoms with Crippen molar-refractivity contribution in [1.29, 1.82) is 0 Å². The van der Waals surface area contributed by atoms with Crippen molar-refractivity contribution in [3.05, 3.63) is 53.9 Å². The molecule has 3 aromatic heterocycles. The third kappa shape index (κ3) is 2.09. The van der Waals surface area contributed by atoms with Crippen LogP contribution in [0, 0.1) is 5.82 Å². The lowest BCUT2D eigenvalue weighted by Crippen LogP contribution is -1.93. The summed E-state index contributed by atoms with van der Waals surface area (Å²) < 4.78 is 14.9. The van der Waals surface area contributed by atoms with E-state index in [2.05, 4.69) is 15.1 Å². The summed E-state index contributed by atoms with van der Waals surface area (Å²) in [5.41, 5.74) is 6.14. The highest BCUT2D eigenvalue weighted by atomic mass is 19.1. The van der Waals surface area contributed by atoms with Crippen LogP contribution in [0.3, 0.4) is 0 Å². The van der Waals surface area contributed by atoms with Crippen molar-refractivity contribution in [3.8, 4) is 22.5 Å². The molecule has 0 fully saturated rings. The fraction of sp³-hybridized carbons (Fsp3) is 0.235. The topological polar surface area (TPSA) is 43.6 Å². The third-order valence-corrected chi connectivity index (χ3v) is 4.07. The lowest BCUT2D eigenvalue weighted by molar-refractivity contribution is 0.621. The standard InChI is InChI=1S/C17H15FN4/c1-22-10-14(12-7-8-19-15-4-2-3-13(12)15)17(21-22)16-6-5-11(18)9-20-16/h5-10H,2-4H2,1H3. The first-order valence-electron chi connectivity index (χ1n) is 7.35. The number of hydrogen-bond donors (Lipinski definition) is 0. The molecule has 0 unspecified atom stereocenters. The Labute approximate surface area is 127 Å².